The average Bonchev–Trinajstić information content (AvgIpc) is 3.31. The Kier molecular flexibility index (Phi) is 9.82. The number of hydrogen-bond donors (Lipinski definition) is 1. The van der Waals surface area contributed by atoms with Gasteiger partial charge in [-0.05, 0) is 51.7 Å². The fourth-order valence-corrected chi connectivity index (χ4v) is 4.83. The van der Waals surface area contributed by atoms with Crippen molar-refractivity contribution in [2.75, 3.05) is 51.6 Å². The summed E-state index contributed by atoms with van der Waals surface area (Å²) in [5, 5.41) is 4.22. The van der Waals surface area contributed by atoms with Gasteiger partial charge in [-0.3, -0.25) is 4.79 Å². The molecule has 0 radical (unpaired) electrons. The van der Waals surface area contributed by atoms with Gasteiger partial charge in [0.15, 0.2) is 5.78 Å². The van der Waals surface area contributed by atoms with E-state index >= 15 is 0 Å². The zero-order chi connectivity index (χ0) is 31.3. The van der Waals surface area contributed by atoms with E-state index in [1.807, 2.05) is 75.4 Å². The predicted octanol–water partition coefficient (Wildman–Crippen LogP) is 5.25. The molecule has 2 aromatic heterocycles. The van der Waals surface area contributed by atoms with Crippen LogP contribution in [0.1, 0.15) is 29.8 Å². The highest BCUT2D eigenvalue weighted by molar-refractivity contribution is 6.03. The Balaban J connectivity index is 1.82. The number of nitrogens with one attached hydrogen (secondary N) is 1. The van der Waals surface area contributed by atoms with Crippen molar-refractivity contribution in [1.82, 2.24) is 19.4 Å². The Morgan fingerprint density at radius 2 is 1.88 bits per heavy atom. The lowest BCUT2D eigenvalue weighted by molar-refractivity contribution is -0.114. The second kappa shape index (κ2) is 13.5. The minimum absolute atomic E-state index is 0.0964. The van der Waals surface area contributed by atoms with Crippen LogP contribution in [0, 0.1) is 0 Å². The molecule has 0 aliphatic heterocycles. The summed E-state index contributed by atoms with van der Waals surface area (Å²) < 4.78 is 13.3. The first kappa shape index (κ1) is 31.2. The normalized spacial score (nSPS) is 11.2. The molecule has 43 heavy (non-hydrogen) atoms. The first-order valence-electron chi connectivity index (χ1n) is 14.1. The molecule has 10 heteroatoms. The number of aryl methyl sites for hydroxylation is 1. The zero-order valence-electron chi connectivity index (χ0n) is 26.0. The highest BCUT2D eigenvalue weighted by Gasteiger charge is 2.23. The number of carbonyl (C=O) groups is 2. The van der Waals surface area contributed by atoms with Crippen LogP contribution >= 0.6 is 0 Å². The van der Waals surface area contributed by atoms with Crippen LogP contribution in [0.25, 0.3) is 22.2 Å². The van der Waals surface area contributed by atoms with E-state index in [0.29, 0.717) is 17.1 Å². The molecule has 0 unspecified atom stereocenters. The number of methoxy groups -OCH3 is 1. The van der Waals surface area contributed by atoms with Crippen molar-refractivity contribution in [3.05, 3.63) is 72.6 Å². The van der Waals surface area contributed by atoms with Gasteiger partial charge in [0.05, 0.1) is 24.6 Å². The van der Waals surface area contributed by atoms with Gasteiger partial charge in [-0.2, -0.15) is 0 Å². The smallest absolute Gasteiger partial charge is 0.342 e. The summed E-state index contributed by atoms with van der Waals surface area (Å²) in [7, 11) is 9.56. The first-order chi connectivity index (χ1) is 20.5. The summed E-state index contributed by atoms with van der Waals surface area (Å²) in [6, 6.07) is 11.7. The number of para-hydroxylation sites is 1. The molecule has 1 N–H and O–H groups in total. The summed E-state index contributed by atoms with van der Waals surface area (Å²) in [5.74, 6) is 0.218. The van der Waals surface area contributed by atoms with E-state index < -0.39 is 5.97 Å². The summed E-state index contributed by atoms with van der Waals surface area (Å²) in [4.78, 5) is 39.1. The van der Waals surface area contributed by atoms with E-state index in [9.17, 15) is 9.59 Å². The number of aromatic nitrogens is 3. The van der Waals surface area contributed by atoms with Crippen molar-refractivity contribution < 1.29 is 19.1 Å². The molecular weight excluding hydrogens is 544 g/mol. The molecule has 0 aliphatic carbocycles. The Morgan fingerprint density at radius 1 is 1.14 bits per heavy atom. The predicted molar refractivity (Wildman–Crippen MR) is 172 cm³/mol. The molecule has 226 valence electrons. The molecule has 0 saturated carbocycles. The number of hydrogen-bond acceptors (Lipinski definition) is 9. The van der Waals surface area contributed by atoms with Gasteiger partial charge in [0.25, 0.3) is 0 Å². The highest BCUT2D eigenvalue weighted by atomic mass is 16.5. The van der Waals surface area contributed by atoms with Gasteiger partial charge in [-0.1, -0.05) is 24.8 Å². The van der Waals surface area contributed by atoms with Crippen LogP contribution in [0.2, 0.25) is 0 Å². The van der Waals surface area contributed by atoms with Gasteiger partial charge in [0.2, 0.25) is 5.95 Å². The standard InChI is InChI=1S/C33H40N6O4/c1-9-23(40)16-22-17-27(30(42-8)18-29(22)38(6)15-14-37(4)5)35-33-34-19-25(32(41)43-21(2)3)31(36-33)26-20-39(7)28-13-11-10-12-24(26)28/h9-13,17-21H,1,14-16H2,2-8H3,(H,34,35,36). The molecular formula is C33H40N6O4. The van der Waals surface area contributed by atoms with Crippen LogP contribution in [0.3, 0.4) is 0 Å². The van der Waals surface area contributed by atoms with Crippen molar-refractivity contribution in [2.45, 2.75) is 26.4 Å². The number of likely N-dealkylation sites (N-methyl/N-ethyl adjacent to an activating group) is 2. The summed E-state index contributed by atoms with van der Waals surface area (Å²) in [5.41, 5.74) is 4.76. The Hall–Kier alpha value is -4.70. The van der Waals surface area contributed by atoms with Crippen LogP contribution in [0.15, 0.2) is 61.4 Å². The number of allylic oxidation sites excluding steroid dienone is 1. The Bertz CT molecular complexity index is 1640. The minimum atomic E-state index is -0.502. The lowest BCUT2D eigenvalue weighted by Crippen LogP contribution is -2.29. The van der Waals surface area contributed by atoms with Crippen LogP contribution in [-0.4, -0.2) is 78.6 Å². The maximum Gasteiger partial charge on any atom is 0.342 e. The monoisotopic (exact) mass is 584 g/mol. The topological polar surface area (TPSA) is 102 Å². The third kappa shape index (κ3) is 7.21. The molecule has 0 amide bonds. The fourth-order valence-electron chi connectivity index (χ4n) is 4.83. The van der Waals surface area contributed by atoms with Gasteiger partial charge in [-0.15, -0.1) is 0 Å². The van der Waals surface area contributed by atoms with Gasteiger partial charge < -0.3 is 29.2 Å². The van der Waals surface area contributed by atoms with E-state index in [4.69, 9.17) is 14.5 Å². The third-order valence-electron chi connectivity index (χ3n) is 7.04. The lowest BCUT2D eigenvalue weighted by atomic mass is 10.0. The summed E-state index contributed by atoms with van der Waals surface area (Å²) >= 11 is 0. The number of esters is 1. The number of ether oxygens (including phenoxy) is 2. The number of anilines is 3. The highest BCUT2D eigenvalue weighted by Crippen LogP contribution is 2.37. The molecule has 0 fully saturated rings. The molecule has 0 saturated heterocycles. The van der Waals surface area contributed by atoms with Crippen LogP contribution in [-0.2, 0) is 23.0 Å². The number of fused-ring (bicyclic) bond motifs is 1. The SMILES string of the molecule is C=CC(=O)Cc1cc(Nc2ncc(C(=O)OC(C)C)c(-c3cn(C)c4ccccc34)n2)c(OC)cc1N(C)CCN(C)C. The molecule has 0 spiro atoms. The van der Waals surface area contributed by atoms with E-state index in [0.717, 1.165) is 40.8 Å². The molecule has 4 aromatic rings. The molecule has 10 nitrogen and oxygen atoms in total. The molecule has 0 atom stereocenters. The van der Waals surface area contributed by atoms with Crippen molar-refractivity contribution in [1.29, 1.82) is 0 Å². The summed E-state index contributed by atoms with van der Waals surface area (Å²) in [6.45, 7) is 8.84. The maximum atomic E-state index is 13.1. The van der Waals surface area contributed by atoms with E-state index in [1.165, 1.54) is 12.3 Å². The van der Waals surface area contributed by atoms with Crippen molar-refractivity contribution in [3.8, 4) is 17.0 Å². The average molecular weight is 585 g/mol. The van der Waals surface area contributed by atoms with Gasteiger partial charge >= 0.3 is 5.97 Å². The number of ketones is 1. The van der Waals surface area contributed by atoms with Gasteiger partial charge in [-0.25, -0.2) is 14.8 Å². The van der Waals surface area contributed by atoms with E-state index in [-0.39, 0.29) is 29.8 Å². The zero-order valence-corrected chi connectivity index (χ0v) is 26.0. The quantitative estimate of drug-likeness (QED) is 0.167. The Labute approximate surface area is 252 Å². The second-order valence-electron chi connectivity index (χ2n) is 11.0. The van der Waals surface area contributed by atoms with Crippen molar-refractivity contribution >= 4 is 40.0 Å². The van der Waals surface area contributed by atoms with Crippen LogP contribution < -0.4 is 15.0 Å². The number of benzene rings is 2. The number of carbonyl (C=O) groups excluding carboxylic acids is 2. The van der Waals surface area contributed by atoms with Gasteiger partial charge in [0, 0.05) is 74.2 Å². The lowest BCUT2D eigenvalue weighted by Gasteiger charge is -2.26. The van der Waals surface area contributed by atoms with Gasteiger partial charge in [0.1, 0.15) is 11.3 Å². The minimum Gasteiger partial charge on any atom is -0.494 e. The number of rotatable bonds is 13. The van der Waals surface area contributed by atoms with E-state index in [1.54, 1.807) is 21.0 Å². The molecule has 2 heterocycles. The Morgan fingerprint density at radius 3 is 2.56 bits per heavy atom. The van der Waals surface area contributed by atoms with Crippen molar-refractivity contribution in [2.24, 2.45) is 7.05 Å². The van der Waals surface area contributed by atoms with E-state index in [2.05, 4.69) is 26.7 Å². The maximum absolute atomic E-state index is 13.1. The molecule has 0 bridgehead atoms. The fraction of sp³-hybridized carbons (Fsp3) is 0.333. The molecule has 0 aliphatic rings. The number of nitrogens with zero attached hydrogens (tertiary/aromatic N) is 5. The molecule has 4 rings (SSSR count). The molecule has 2 aromatic carbocycles. The van der Waals surface area contributed by atoms with Crippen molar-refractivity contribution in [3.63, 3.8) is 0 Å². The largest absolute Gasteiger partial charge is 0.494 e. The van der Waals surface area contributed by atoms with Crippen LogP contribution in [0.5, 0.6) is 5.75 Å². The summed E-state index contributed by atoms with van der Waals surface area (Å²) in [6.07, 6.45) is 4.62. The second-order valence-corrected chi connectivity index (χ2v) is 11.0. The first-order valence-corrected chi connectivity index (χ1v) is 14.1. The third-order valence-corrected chi connectivity index (χ3v) is 7.04. The van der Waals surface area contributed by atoms with Crippen LogP contribution in [0.4, 0.5) is 17.3 Å².